The molecule has 0 aliphatic heterocycles. The third-order valence-corrected chi connectivity index (χ3v) is 4.79. The molecule has 1 saturated carbocycles. The lowest BCUT2D eigenvalue weighted by molar-refractivity contribution is -0.146. The van der Waals surface area contributed by atoms with Crippen LogP contribution in [0.3, 0.4) is 0 Å². The molecule has 4 nitrogen and oxygen atoms in total. The maximum absolute atomic E-state index is 11.7. The van der Waals surface area contributed by atoms with Gasteiger partial charge in [-0.1, -0.05) is 32.9 Å². The zero-order valence-electron chi connectivity index (χ0n) is 16.1. The molecule has 1 atom stereocenters. The Hall–Kier alpha value is -1.58. The van der Waals surface area contributed by atoms with Crippen LogP contribution in [0.1, 0.15) is 78.6 Å². The van der Waals surface area contributed by atoms with E-state index in [9.17, 15) is 9.59 Å². The minimum atomic E-state index is -0.279. The average molecular weight is 350 g/mol. The number of esters is 2. The Morgan fingerprint density at radius 2 is 1.60 bits per heavy atom. The van der Waals surface area contributed by atoms with Crippen molar-refractivity contribution in [1.82, 2.24) is 0 Å². The van der Waals surface area contributed by atoms with Gasteiger partial charge in [0.05, 0.1) is 0 Å². The van der Waals surface area contributed by atoms with Gasteiger partial charge in [0.15, 0.2) is 0 Å². The molecule has 0 N–H and O–H groups in total. The number of rotatable bonds is 10. The molecular formula is C21H34O4. The summed E-state index contributed by atoms with van der Waals surface area (Å²) in [7, 11) is 0. The van der Waals surface area contributed by atoms with E-state index in [-0.39, 0.29) is 24.1 Å². The molecule has 0 aromatic rings. The molecule has 25 heavy (non-hydrogen) atoms. The lowest BCUT2D eigenvalue weighted by atomic mass is 9.84. The monoisotopic (exact) mass is 350 g/mol. The second-order valence-electron chi connectivity index (χ2n) is 7.36. The minimum Gasteiger partial charge on any atom is -0.459 e. The van der Waals surface area contributed by atoms with Crippen LogP contribution in [-0.4, -0.2) is 24.1 Å². The van der Waals surface area contributed by atoms with Gasteiger partial charge in [-0.15, -0.1) is 0 Å². The normalized spacial score (nSPS) is 21.2. The van der Waals surface area contributed by atoms with Gasteiger partial charge < -0.3 is 9.47 Å². The number of carbonyl (C=O) groups is 2. The van der Waals surface area contributed by atoms with E-state index in [2.05, 4.69) is 20.1 Å². The van der Waals surface area contributed by atoms with Crippen molar-refractivity contribution in [1.29, 1.82) is 0 Å². The van der Waals surface area contributed by atoms with Crippen molar-refractivity contribution >= 4 is 11.9 Å². The van der Waals surface area contributed by atoms with E-state index in [4.69, 9.17) is 9.47 Å². The molecule has 0 aromatic carbocycles. The van der Waals surface area contributed by atoms with E-state index in [1.165, 1.54) is 0 Å². The van der Waals surface area contributed by atoms with Crippen molar-refractivity contribution in [2.24, 2.45) is 5.92 Å². The quantitative estimate of drug-likeness (QED) is 0.405. The zero-order chi connectivity index (χ0) is 18.8. The molecule has 0 radical (unpaired) electrons. The zero-order valence-corrected chi connectivity index (χ0v) is 16.1. The van der Waals surface area contributed by atoms with Crippen LogP contribution < -0.4 is 0 Å². The highest BCUT2D eigenvalue weighted by Gasteiger charge is 2.24. The van der Waals surface area contributed by atoms with Crippen molar-refractivity contribution in [3.63, 3.8) is 0 Å². The van der Waals surface area contributed by atoms with Gasteiger partial charge in [0.2, 0.25) is 0 Å². The summed E-state index contributed by atoms with van der Waals surface area (Å²) in [6.45, 7) is 12.7. The summed E-state index contributed by atoms with van der Waals surface area (Å²) < 4.78 is 11.0. The van der Waals surface area contributed by atoms with Crippen molar-refractivity contribution in [3.05, 3.63) is 24.3 Å². The van der Waals surface area contributed by atoms with E-state index < -0.39 is 0 Å². The van der Waals surface area contributed by atoms with Crippen molar-refractivity contribution < 1.29 is 19.1 Å². The molecule has 1 fully saturated rings. The standard InChI is InChI=1S/C21H34O4/c1-6-8-18(24-20(22)15(2)3)10-7-9-17-11-13-19(14-12-17)25-21(23)16(4)5/h17-19H,2,4,6-14H2,1,3,5H3. The Morgan fingerprint density at radius 3 is 2.12 bits per heavy atom. The Labute approximate surface area is 152 Å². The fourth-order valence-corrected chi connectivity index (χ4v) is 3.26. The van der Waals surface area contributed by atoms with Gasteiger partial charge in [0, 0.05) is 11.1 Å². The Bertz CT molecular complexity index is 472. The van der Waals surface area contributed by atoms with Crippen molar-refractivity contribution in [3.8, 4) is 0 Å². The molecule has 0 spiro atoms. The number of carbonyl (C=O) groups excluding carboxylic acids is 2. The summed E-state index contributed by atoms with van der Waals surface area (Å²) in [5.41, 5.74) is 0.928. The summed E-state index contributed by atoms with van der Waals surface area (Å²) >= 11 is 0. The van der Waals surface area contributed by atoms with Crippen LogP contribution in [0, 0.1) is 5.92 Å². The van der Waals surface area contributed by atoms with E-state index >= 15 is 0 Å². The summed E-state index contributed by atoms with van der Waals surface area (Å²) in [6.07, 6.45) is 9.15. The third-order valence-electron chi connectivity index (χ3n) is 4.79. The summed E-state index contributed by atoms with van der Waals surface area (Å²) in [5, 5.41) is 0. The Balaban J connectivity index is 2.27. The van der Waals surface area contributed by atoms with E-state index in [0.29, 0.717) is 17.1 Å². The molecule has 1 unspecified atom stereocenters. The van der Waals surface area contributed by atoms with Crippen LogP contribution in [-0.2, 0) is 19.1 Å². The highest BCUT2D eigenvalue weighted by Crippen LogP contribution is 2.30. The third kappa shape index (κ3) is 8.37. The Morgan fingerprint density at radius 1 is 1.00 bits per heavy atom. The maximum atomic E-state index is 11.7. The first-order valence-corrected chi connectivity index (χ1v) is 9.56. The van der Waals surface area contributed by atoms with Crippen molar-refractivity contribution in [2.45, 2.75) is 90.8 Å². The molecular weight excluding hydrogens is 316 g/mol. The predicted octanol–water partition coefficient (Wildman–Crippen LogP) is 5.12. The smallest absolute Gasteiger partial charge is 0.333 e. The SMILES string of the molecule is C=C(C)C(=O)OC(CCC)CCCC1CCC(OC(=O)C(=C)C)CC1. The lowest BCUT2D eigenvalue weighted by Crippen LogP contribution is -2.25. The number of hydrogen-bond acceptors (Lipinski definition) is 4. The number of ether oxygens (including phenoxy) is 2. The Kier molecular flexibility index (Phi) is 9.54. The predicted molar refractivity (Wildman–Crippen MR) is 100 cm³/mol. The molecule has 142 valence electrons. The molecule has 1 aliphatic carbocycles. The van der Waals surface area contributed by atoms with Crippen LogP contribution >= 0.6 is 0 Å². The highest BCUT2D eigenvalue weighted by atomic mass is 16.5. The van der Waals surface area contributed by atoms with Gasteiger partial charge in [0.25, 0.3) is 0 Å². The van der Waals surface area contributed by atoms with E-state index in [1.807, 2.05) is 0 Å². The topological polar surface area (TPSA) is 52.6 Å². The van der Waals surface area contributed by atoms with Gasteiger partial charge >= 0.3 is 11.9 Å². The second kappa shape index (κ2) is 11.1. The summed E-state index contributed by atoms with van der Waals surface area (Å²) in [5.74, 6) is 0.127. The molecule has 0 heterocycles. The second-order valence-corrected chi connectivity index (χ2v) is 7.36. The van der Waals surface area contributed by atoms with Crippen LogP contribution in [0.15, 0.2) is 24.3 Å². The van der Waals surface area contributed by atoms with Crippen LogP contribution in [0.5, 0.6) is 0 Å². The lowest BCUT2D eigenvalue weighted by Gasteiger charge is -2.28. The molecule has 1 rings (SSSR count). The average Bonchev–Trinajstić information content (AvgIpc) is 2.56. The first kappa shape index (κ1) is 21.5. The van der Waals surface area contributed by atoms with Gasteiger partial charge in [-0.3, -0.25) is 0 Å². The van der Waals surface area contributed by atoms with Gasteiger partial charge in [0.1, 0.15) is 12.2 Å². The first-order valence-electron chi connectivity index (χ1n) is 9.56. The minimum absolute atomic E-state index is 0.00191. The molecule has 1 aliphatic rings. The highest BCUT2D eigenvalue weighted by molar-refractivity contribution is 5.87. The van der Waals surface area contributed by atoms with Crippen LogP contribution in [0.2, 0.25) is 0 Å². The fraction of sp³-hybridized carbons (Fsp3) is 0.714. The molecule has 0 amide bonds. The molecule has 0 saturated heterocycles. The van der Waals surface area contributed by atoms with Crippen LogP contribution in [0.4, 0.5) is 0 Å². The van der Waals surface area contributed by atoms with E-state index in [0.717, 1.165) is 57.8 Å². The largest absolute Gasteiger partial charge is 0.459 e. The van der Waals surface area contributed by atoms with Gasteiger partial charge in [-0.25, -0.2) is 9.59 Å². The molecule has 0 aromatic heterocycles. The fourth-order valence-electron chi connectivity index (χ4n) is 3.26. The maximum Gasteiger partial charge on any atom is 0.333 e. The molecule has 0 bridgehead atoms. The number of hydrogen-bond donors (Lipinski definition) is 0. The van der Waals surface area contributed by atoms with Gasteiger partial charge in [-0.05, 0) is 64.7 Å². The van der Waals surface area contributed by atoms with E-state index in [1.54, 1.807) is 13.8 Å². The first-order chi connectivity index (χ1) is 11.8. The summed E-state index contributed by atoms with van der Waals surface area (Å²) in [6, 6.07) is 0. The summed E-state index contributed by atoms with van der Waals surface area (Å²) in [4.78, 5) is 23.3. The van der Waals surface area contributed by atoms with Crippen molar-refractivity contribution in [2.75, 3.05) is 0 Å². The van der Waals surface area contributed by atoms with Crippen LogP contribution in [0.25, 0.3) is 0 Å². The van der Waals surface area contributed by atoms with Gasteiger partial charge in [-0.2, -0.15) is 0 Å². The molecule has 4 heteroatoms.